The van der Waals surface area contributed by atoms with Crippen LogP contribution < -0.4 is 4.74 Å². The molecule has 2 nitrogen and oxygen atoms in total. The number of hydrogen-bond donors (Lipinski definition) is 0. The van der Waals surface area contributed by atoms with Crippen LogP contribution in [0.2, 0.25) is 0 Å². The van der Waals surface area contributed by atoms with Gasteiger partial charge in [-0.25, -0.2) is 0 Å². The van der Waals surface area contributed by atoms with Crippen LogP contribution in [0.25, 0.3) is 0 Å². The summed E-state index contributed by atoms with van der Waals surface area (Å²) in [6, 6.07) is 18.3. The fraction of sp³-hybridized carbons (Fsp3) is 0.429. The minimum absolute atomic E-state index is 0.680. The van der Waals surface area contributed by atoms with Crippen molar-refractivity contribution in [1.29, 1.82) is 0 Å². The predicted octanol–water partition coefficient (Wildman–Crippen LogP) is 4.07. The molecule has 5 rings (SSSR count). The summed E-state index contributed by atoms with van der Waals surface area (Å²) in [5, 5.41) is 0. The van der Waals surface area contributed by atoms with Crippen molar-refractivity contribution >= 4 is 0 Å². The third-order valence-corrected chi connectivity index (χ3v) is 5.52. The third-order valence-electron chi connectivity index (χ3n) is 5.52. The van der Waals surface area contributed by atoms with Crippen LogP contribution in [0.4, 0.5) is 0 Å². The first-order valence-electron chi connectivity index (χ1n) is 8.75. The van der Waals surface area contributed by atoms with Gasteiger partial charge in [0, 0.05) is 19.1 Å². The first-order chi connectivity index (χ1) is 11.3. The van der Waals surface area contributed by atoms with Crippen molar-refractivity contribution in [2.75, 3.05) is 13.7 Å². The smallest absolute Gasteiger partial charge is 0.119 e. The summed E-state index contributed by atoms with van der Waals surface area (Å²) in [4.78, 5) is 2.71. The predicted molar refractivity (Wildman–Crippen MR) is 93.8 cm³/mol. The number of nitrogens with zero attached hydrogens (tertiary/aromatic N) is 1. The van der Waals surface area contributed by atoms with Gasteiger partial charge in [0.1, 0.15) is 5.75 Å². The first-order valence-corrected chi connectivity index (χ1v) is 8.75. The van der Waals surface area contributed by atoms with E-state index in [-0.39, 0.29) is 0 Å². The molecule has 1 fully saturated rings. The van der Waals surface area contributed by atoms with Gasteiger partial charge < -0.3 is 4.74 Å². The van der Waals surface area contributed by atoms with Crippen molar-refractivity contribution in [3.8, 4) is 5.75 Å². The lowest BCUT2D eigenvalue weighted by atomic mass is 9.80. The molecule has 2 atom stereocenters. The summed E-state index contributed by atoms with van der Waals surface area (Å²) < 4.78 is 5.38. The molecule has 2 bridgehead atoms. The maximum absolute atomic E-state index is 5.38. The van der Waals surface area contributed by atoms with Crippen molar-refractivity contribution in [2.45, 2.75) is 38.3 Å². The number of rotatable bonds is 3. The second-order valence-corrected chi connectivity index (χ2v) is 7.06. The Morgan fingerprint density at radius 2 is 1.83 bits per heavy atom. The average Bonchev–Trinajstić information content (AvgIpc) is 2.56. The average molecular weight is 307 g/mol. The molecule has 1 saturated heterocycles. The van der Waals surface area contributed by atoms with Crippen LogP contribution in [-0.4, -0.2) is 24.6 Å². The van der Waals surface area contributed by atoms with Gasteiger partial charge in [-0.2, -0.15) is 0 Å². The summed E-state index contributed by atoms with van der Waals surface area (Å²) in [5.41, 5.74) is 4.52. The fourth-order valence-electron chi connectivity index (χ4n) is 4.30. The number of benzene rings is 2. The fourth-order valence-corrected chi connectivity index (χ4v) is 4.30. The second-order valence-electron chi connectivity index (χ2n) is 7.06. The van der Waals surface area contributed by atoms with Crippen LogP contribution >= 0.6 is 0 Å². The van der Waals surface area contributed by atoms with Crippen molar-refractivity contribution in [3.63, 3.8) is 0 Å². The molecule has 2 aromatic rings. The molecule has 0 N–H and O–H groups in total. The Morgan fingerprint density at radius 3 is 2.65 bits per heavy atom. The van der Waals surface area contributed by atoms with Crippen LogP contribution in [0.1, 0.15) is 29.5 Å². The number of ether oxygens (including phenoxy) is 1. The zero-order valence-electron chi connectivity index (χ0n) is 13.9. The van der Waals surface area contributed by atoms with E-state index in [1.165, 1.54) is 37.8 Å². The van der Waals surface area contributed by atoms with E-state index in [9.17, 15) is 0 Å². The molecular weight excluding hydrogens is 282 g/mol. The highest BCUT2D eigenvalue weighted by molar-refractivity contribution is 5.31. The maximum Gasteiger partial charge on any atom is 0.119 e. The van der Waals surface area contributed by atoms with Crippen LogP contribution in [0.5, 0.6) is 5.75 Å². The van der Waals surface area contributed by atoms with Gasteiger partial charge in [-0.15, -0.1) is 0 Å². The summed E-state index contributed by atoms with van der Waals surface area (Å²) in [7, 11) is 1.74. The number of methoxy groups -OCH3 is 1. The second kappa shape index (κ2) is 6.37. The lowest BCUT2D eigenvalue weighted by Gasteiger charge is -2.42. The monoisotopic (exact) mass is 307 g/mol. The van der Waals surface area contributed by atoms with Gasteiger partial charge in [-0.1, -0.05) is 36.4 Å². The minimum Gasteiger partial charge on any atom is -0.497 e. The molecule has 23 heavy (non-hydrogen) atoms. The van der Waals surface area contributed by atoms with Crippen molar-refractivity contribution in [1.82, 2.24) is 4.90 Å². The van der Waals surface area contributed by atoms with Crippen molar-refractivity contribution < 1.29 is 4.74 Å². The Balaban J connectivity index is 1.56. The molecule has 2 aliphatic heterocycles. The minimum atomic E-state index is 0.680. The number of piperidine rings is 1. The normalized spacial score (nSPS) is 23.9. The Labute approximate surface area is 139 Å². The molecule has 0 aromatic heterocycles. The lowest BCUT2D eigenvalue weighted by Crippen LogP contribution is -2.46. The molecule has 120 valence electrons. The van der Waals surface area contributed by atoms with Gasteiger partial charge in [0.25, 0.3) is 0 Å². The molecule has 2 heterocycles. The Hall–Kier alpha value is -1.80. The van der Waals surface area contributed by atoms with Crippen molar-refractivity contribution in [3.05, 3.63) is 65.2 Å². The van der Waals surface area contributed by atoms with Gasteiger partial charge in [0.15, 0.2) is 0 Å². The Morgan fingerprint density at radius 1 is 1.00 bits per heavy atom. The van der Waals surface area contributed by atoms with E-state index in [0.29, 0.717) is 6.04 Å². The first kappa shape index (κ1) is 14.8. The summed E-state index contributed by atoms with van der Waals surface area (Å²) in [5.74, 6) is 1.77. The van der Waals surface area contributed by atoms with E-state index in [2.05, 4.69) is 47.4 Å². The molecule has 0 spiro atoms. The maximum atomic E-state index is 5.38. The Kier molecular flexibility index (Phi) is 4.09. The van der Waals surface area contributed by atoms with Gasteiger partial charge in [-0.05, 0) is 60.4 Å². The van der Waals surface area contributed by atoms with Crippen molar-refractivity contribution in [2.24, 2.45) is 5.92 Å². The topological polar surface area (TPSA) is 12.5 Å². The van der Waals surface area contributed by atoms with E-state index >= 15 is 0 Å². The van der Waals surface area contributed by atoms with Crippen LogP contribution in [0.3, 0.4) is 0 Å². The molecule has 2 aromatic carbocycles. The van der Waals surface area contributed by atoms with E-state index in [1.54, 1.807) is 18.2 Å². The molecule has 0 saturated carbocycles. The van der Waals surface area contributed by atoms with Crippen LogP contribution in [0, 0.1) is 5.92 Å². The number of fused-ring (bicyclic) bond motifs is 2. The zero-order valence-corrected chi connectivity index (χ0v) is 13.9. The highest BCUT2D eigenvalue weighted by Crippen LogP contribution is 2.33. The van der Waals surface area contributed by atoms with Gasteiger partial charge in [0.2, 0.25) is 0 Å². The quantitative estimate of drug-likeness (QED) is 0.847. The molecule has 3 aliphatic rings. The SMILES string of the molecule is COc1cccc(CN2C[C@@H]3CC[C@H]2Cc2ccccc2C3)c1. The molecule has 2 heteroatoms. The highest BCUT2D eigenvalue weighted by atomic mass is 16.5. The Bertz CT molecular complexity index is 681. The lowest BCUT2D eigenvalue weighted by molar-refractivity contribution is 0.0937. The standard InChI is InChI=1S/C21H25NO/c1-23-21-8-4-5-16(12-21)14-22-15-17-9-10-20(22)13-19-7-3-2-6-18(19)11-17/h2-8,12,17,20H,9-11,13-15H2,1H3/t17-,20+/m1/s1. The highest BCUT2D eigenvalue weighted by Gasteiger charge is 2.31. The van der Waals surface area contributed by atoms with Gasteiger partial charge >= 0.3 is 0 Å². The number of hydrogen-bond acceptors (Lipinski definition) is 2. The zero-order chi connectivity index (χ0) is 15.6. The molecule has 0 radical (unpaired) electrons. The molecule has 1 aliphatic carbocycles. The van der Waals surface area contributed by atoms with Gasteiger partial charge in [0.05, 0.1) is 7.11 Å². The summed E-state index contributed by atoms with van der Waals surface area (Å²) >= 11 is 0. The third kappa shape index (κ3) is 3.13. The summed E-state index contributed by atoms with van der Waals surface area (Å²) in [6.07, 6.45) is 5.17. The summed E-state index contributed by atoms with van der Waals surface area (Å²) in [6.45, 7) is 2.27. The van der Waals surface area contributed by atoms with E-state index in [0.717, 1.165) is 18.2 Å². The van der Waals surface area contributed by atoms with E-state index in [1.807, 2.05) is 6.07 Å². The van der Waals surface area contributed by atoms with E-state index in [4.69, 9.17) is 4.74 Å². The molecular formula is C21H25NO. The van der Waals surface area contributed by atoms with E-state index < -0.39 is 0 Å². The van der Waals surface area contributed by atoms with Crippen LogP contribution in [-0.2, 0) is 19.4 Å². The van der Waals surface area contributed by atoms with Crippen LogP contribution in [0.15, 0.2) is 48.5 Å². The molecule has 0 amide bonds. The van der Waals surface area contributed by atoms with Gasteiger partial charge in [-0.3, -0.25) is 4.90 Å². The largest absolute Gasteiger partial charge is 0.497 e. The molecule has 0 unspecified atom stereocenters.